The van der Waals surface area contributed by atoms with E-state index in [1.54, 1.807) is 6.07 Å². The molecule has 4 aromatic rings. The predicted octanol–water partition coefficient (Wildman–Crippen LogP) is 2.50. The van der Waals surface area contributed by atoms with Crippen molar-refractivity contribution in [2.45, 2.75) is 6.18 Å². The van der Waals surface area contributed by atoms with Gasteiger partial charge >= 0.3 is 6.18 Å². The summed E-state index contributed by atoms with van der Waals surface area (Å²) in [7, 11) is 0. The Kier molecular flexibility index (Phi) is 3.25. The lowest BCUT2D eigenvalue weighted by Gasteiger charge is -2.12. The highest BCUT2D eigenvalue weighted by Crippen LogP contribution is 2.35. The molecule has 4 rings (SSSR count). The number of hydrogen-bond donors (Lipinski definition) is 0. The van der Waals surface area contributed by atoms with Gasteiger partial charge in [0.2, 0.25) is 0 Å². The highest BCUT2D eigenvalue weighted by molar-refractivity contribution is 6.31. The molecule has 0 aliphatic rings. The van der Waals surface area contributed by atoms with Gasteiger partial charge in [0.25, 0.3) is 11.3 Å². The number of aromatic nitrogens is 6. The minimum atomic E-state index is -4.58. The van der Waals surface area contributed by atoms with E-state index in [2.05, 4.69) is 20.3 Å². The van der Waals surface area contributed by atoms with Crippen molar-refractivity contribution in [2.24, 2.45) is 0 Å². The highest BCUT2D eigenvalue weighted by atomic mass is 35.5. The lowest BCUT2D eigenvalue weighted by molar-refractivity contribution is -0.137. The number of halogens is 4. The molecule has 0 amide bonds. The van der Waals surface area contributed by atoms with Crippen LogP contribution in [0.1, 0.15) is 5.56 Å². The topological polar surface area (TPSA) is 78.0 Å². The Morgan fingerprint density at radius 3 is 2.64 bits per heavy atom. The predicted molar refractivity (Wildman–Crippen MR) is 81.7 cm³/mol. The first-order valence-corrected chi connectivity index (χ1v) is 7.19. The van der Waals surface area contributed by atoms with Crippen molar-refractivity contribution < 1.29 is 13.2 Å². The molecule has 0 saturated heterocycles. The van der Waals surface area contributed by atoms with Crippen molar-refractivity contribution >= 4 is 28.4 Å². The average Bonchev–Trinajstić information content (AvgIpc) is 3.02. The fourth-order valence-electron chi connectivity index (χ4n) is 2.44. The van der Waals surface area contributed by atoms with Crippen LogP contribution in [0.2, 0.25) is 5.02 Å². The molecule has 0 bridgehead atoms. The molecule has 0 unspecified atom stereocenters. The summed E-state index contributed by atoms with van der Waals surface area (Å²) in [4.78, 5) is 16.5. The van der Waals surface area contributed by atoms with Gasteiger partial charge in [-0.15, -0.1) is 10.2 Å². The summed E-state index contributed by atoms with van der Waals surface area (Å²) in [5.74, 6) is 0.224. The molecule has 126 valence electrons. The van der Waals surface area contributed by atoms with Crippen molar-refractivity contribution in [1.82, 2.24) is 29.4 Å². The summed E-state index contributed by atoms with van der Waals surface area (Å²) >= 11 is 5.71. The van der Waals surface area contributed by atoms with Crippen molar-refractivity contribution in [2.75, 3.05) is 0 Å². The van der Waals surface area contributed by atoms with Gasteiger partial charge < -0.3 is 0 Å². The van der Waals surface area contributed by atoms with Crippen molar-refractivity contribution in [1.29, 1.82) is 0 Å². The Labute approximate surface area is 141 Å². The number of rotatable bonds is 1. The average molecular weight is 367 g/mol. The molecular weight excluding hydrogens is 361 g/mol. The number of nitrogens with zero attached hydrogens (tertiary/aromatic N) is 6. The summed E-state index contributed by atoms with van der Waals surface area (Å²) in [5.41, 5.74) is -1.00. The summed E-state index contributed by atoms with van der Waals surface area (Å²) in [6.45, 7) is 0. The van der Waals surface area contributed by atoms with Gasteiger partial charge in [-0.1, -0.05) is 11.6 Å². The molecule has 0 aliphatic carbocycles. The molecular formula is C14H6ClF3N6O. The van der Waals surface area contributed by atoms with Crippen LogP contribution in [0.4, 0.5) is 13.2 Å². The minimum absolute atomic E-state index is 0.00322. The van der Waals surface area contributed by atoms with Crippen LogP contribution in [0.25, 0.3) is 22.5 Å². The fourth-order valence-corrected chi connectivity index (χ4v) is 2.72. The Morgan fingerprint density at radius 2 is 1.92 bits per heavy atom. The minimum Gasteiger partial charge on any atom is -0.282 e. The zero-order chi connectivity index (χ0) is 17.8. The van der Waals surface area contributed by atoms with Gasteiger partial charge in [-0.3, -0.25) is 9.36 Å². The molecule has 3 aromatic heterocycles. The smallest absolute Gasteiger partial charge is 0.282 e. The van der Waals surface area contributed by atoms with Crippen LogP contribution in [-0.2, 0) is 6.18 Å². The van der Waals surface area contributed by atoms with Gasteiger partial charge in [-0.25, -0.2) is 0 Å². The lowest BCUT2D eigenvalue weighted by atomic mass is 10.2. The highest BCUT2D eigenvalue weighted by Gasteiger charge is 2.33. The Morgan fingerprint density at radius 1 is 1.12 bits per heavy atom. The van der Waals surface area contributed by atoms with Crippen LogP contribution in [-0.4, -0.2) is 29.4 Å². The molecule has 11 heteroatoms. The third kappa shape index (κ3) is 2.41. The third-order valence-electron chi connectivity index (χ3n) is 3.58. The van der Waals surface area contributed by atoms with E-state index < -0.39 is 22.3 Å². The Bertz CT molecular complexity index is 1180. The summed E-state index contributed by atoms with van der Waals surface area (Å²) < 4.78 is 40.9. The Balaban J connectivity index is 1.93. The van der Waals surface area contributed by atoms with Crippen LogP contribution in [0, 0.1) is 0 Å². The zero-order valence-electron chi connectivity index (χ0n) is 12.1. The van der Waals surface area contributed by atoms with E-state index in [4.69, 9.17) is 11.6 Å². The van der Waals surface area contributed by atoms with Crippen molar-refractivity contribution in [3.8, 4) is 5.69 Å². The van der Waals surface area contributed by atoms with Gasteiger partial charge in [0.15, 0.2) is 5.52 Å². The van der Waals surface area contributed by atoms with E-state index in [0.717, 1.165) is 22.8 Å². The lowest BCUT2D eigenvalue weighted by Crippen LogP contribution is -2.20. The SMILES string of the molecule is O=c1c2nnc3ncnn3c2ccn1-c1ccc(C(F)(F)F)c(Cl)c1. The number of benzene rings is 1. The second-order valence-corrected chi connectivity index (χ2v) is 5.47. The first-order chi connectivity index (χ1) is 11.9. The summed E-state index contributed by atoms with van der Waals surface area (Å²) in [5, 5.41) is 11.1. The molecule has 7 nitrogen and oxygen atoms in total. The van der Waals surface area contributed by atoms with Crippen LogP contribution in [0.15, 0.2) is 41.6 Å². The zero-order valence-corrected chi connectivity index (χ0v) is 12.8. The van der Waals surface area contributed by atoms with E-state index in [1.165, 1.54) is 17.0 Å². The first kappa shape index (κ1) is 15.5. The van der Waals surface area contributed by atoms with Gasteiger partial charge in [0.05, 0.1) is 16.3 Å². The van der Waals surface area contributed by atoms with Crippen LogP contribution >= 0.6 is 11.6 Å². The molecule has 0 aliphatic heterocycles. The Hall–Kier alpha value is -3.01. The maximum absolute atomic E-state index is 12.8. The monoisotopic (exact) mass is 366 g/mol. The third-order valence-corrected chi connectivity index (χ3v) is 3.89. The van der Waals surface area contributed by atoms with E-state index in [-0.39, 0.29) is 17.0 Å². The van der Waals surface area contributed by atoms with Crippen LogP contribution < -0.4 is 5.56 Å². The normalized spacial score (nSPS) is 12.2. The van der Waals surface area contributed by atoms with Gasteiger partial charge in [0, 0.05) is 6.20 Å². The largest absolute Gasteiger partial charge is 0.417 e. The molecule has 0 N–H and O–H groups in total. The van der Waals surface area contributed by atoms with E-state index in [1.807, 2.05) is 0 Å². The second kappa shape index (κ2) is 5.24. The van der Waals surface area contributed by atoms with Crippen LogP contribution in [0.5, 0.6) is 0 Å². The van der Waals surface area contributed by atoms with Gasteiger partial charge in [0.1, 0.15) is 11.8 Å². The molecule has 1 aromatic carbocycles. The number of pyridine rings is 1. The van der Waals surface area contributed by atoms with Crippen LogP contribution in [0.3, 0.4) is 0 Å². The number of fused-ring (bicyclic) bond motifs is 3. The standard InChI is InChI=1S/C14H6ClF3N6O/c15-9-5-7(1-2-8(9)14(16,17)18)23-4-3-10-11(12(23)25)21-22-13-19-6-20-24(10)13/h1-6H. The summed E-state index contributed by atoms with van der Waals surface area (Å²) in [6, 6.07) is 4.58. The summed E-state index contributed by atoms with van der Waals surface area (Å²) in [6.07, 6.45) is -1.91. The second-order valence-electron chi connectivity index (χ2n) is 5.06. The molecule has 0 spiro atoms. The number of hydrogen-bond acceptors (Lipinski definition) is 5. The van der Waals surface area contributed by atoms with Crippen molar-refractivity contribution in [3.05, 3.63) is 57.7 Å². The van der Waals surface area contributed by atoms with Gasteiger partial charge in [-0.05, 0) is 24.3 Å². The molecule has 0 saturated carbocycles. The van der Waals surface area contributed by atoms with E-state index in [9.17, 15) is 18.0 Å². The molecule has 0 atom stereocenters. The molecule has 3 heterocycles. The van der Waals surface area contributed by atoms with E-state index >= 15 is 0 Å². The van der Waals surface area contributed by atoms with Gasteiger partial charge in [-0.2, -0.15) is 27.8 Å². The molecule has 0 fully saturated rings. The van der Waals surface area contributed by atoms with E-state index in [0.29, 0.717) is 5.52 Å². The molecule has 0 radical (unpaired) electrons. The quantitative estimate of drug-likeness (QED) is 0.517. The first-order valence-electron chi connectivity index (χ1n) is 6.81. The molecule has 25 heavy (non-hydrogen) atoms. The number of alkyl halides is 3. The maximum atomic E-state index is 12.8. The fraction of sp³-hybridized carbons (Fsp3) is 0.0714. The van der Waals surface area contributed by atoms with Crippen molar-refractivity contribution in [3.63, 3.8) is 0 Å². The maximum Gasteiger partial charge on any atom is 0.417 e.